The van der Waals surface area contributed by atoms with Crippen molar-refractivity contribution in [3.05, 3.63) is 88.2 Å². The second kappa shape index (κ2) is 8.56. The summed E-state index contributed by atoms with van der Waals surface area (Å²) in [5.41, 5.74) is -2.77. The fourth-order valence-corrected chi connectivity index (χ4v) is 2.98. The highest BCUT2D eigenvalue weighted by molar-refractivity contribution is 5.65. The van der Waals surface area contributed by atoms with Crippen molar-refractivity contribution in [2.24, 2.45) is 0 Å². The van der Waals surface area contributed by atoms with Crippen LogP contribution >= 0.6 is 0 Å². The Bertz CT molecular complexity index is 1080. The van der Waals surface area contributed by atoms with Crippen molar-refractivity contribution >= 4 is 0 Å². The first kappa shape index (κ1) is 22.6. The van der Waals surface area contributed by atoms with E-state index in [9.17, 15) is 35.1 Å². The van der Waals surface area contributed by atoms with E-state index >= 15 is 0 Å². The fourth-order valence-electron chi connectivity index (χ4n) is 2.98. The summed E-state index contributed by atoms with van der Waals surface area (Å²) in [6.07, 6.45) is -4.18. The molecule has 0 bridgehead atoms. The third kappa shape index (κ3) is 4.50. The number of hydrogen-bond acceptors (Lipinski definition) is 1. The largest absolute Gasteiger partial charge is 0.432 e. The van der Waals surface area contributed by atoms with E-state index in [2.05, 4.69) is 4.74 Å². The maximum Gasteiger partial charge on any atom is 0.432 e. The maximum atomic E-state index is 14.4. The normalized spacial score (nSPS) is 11.6. The molecule has 3 aromatic rings. The average molecular weight is 446 g/mol. The molecule has 31 heavy (non-hydrogen) atoms. The van der Waals surface area contributed by atoms with Crippen LogP contribution in [0, 0.1) is 29.1 Å². The minimum absolute atomic E-state index is 0.211. The summed E-state index contributed by atoms with van der Waals surface area (Å²) in [6.45, 7) is 0.238. The standard InChI is InChI=1S/C22H14F8O/c1-2-11-3-4-14(16(24)5-11)12-6-19(27)21(20(28)7-12)22(29,30)31-13-8-17(25)15(10-23)18(26)9-13/h3-9H,2,10H2,1H3. The molecule has 0 amide bonds. The first-order valence-electron chi connectivity index (χ1n) is 8.96. The van der Waals surface area contributed by atoms with Crippen LogP contribution < -0.4 is 4.74 Å². The van der Waals surface area contributed by atoms with Crippen LogP contribution in [0.4, 0.5) is 35.1 Å². The predicted octanol–water partition coefficient (Wildman–Crippen LogP) is 7.21. The number of alkyl halides is 3. The Labute approximate surface area is 171 Å². The highest BCUT2D eigenvalue weighted by atomic mass is 19.3. The highest BCUT2D eigenvalue weighted by Gasteiger charge is 2.41. The smallest absolute Gasteiger partial charge is 0.429 e. The summed E-state index contributed by atoms with van der Waals surface area (Å²) in [6, 6.07) is 5.45. The predicted molar refractivity (Wildman–Crippen MR) is 96.8 cm³/mol. The second-order valence-corrected chi connectivity index (χ2v) is 6.60. The van der Waals surface area contributed by atoms with Crippen molar-refractivity contribution in [1.82, 2.24) is 0 Å². The van der Waals surface area contributed by atoms with Crippen LogP contribution in [-0.4, -0.2) is 0 Å². The second-order valence-electron chi connectivity index (χ2n) is 6.60. The van der Waals surface area contributed by atoms with Crippen LogP contribution in [0.2, 0.25) is 0 Å². The molecule has 0 aliphatic carbocycles. The van der Waals surface area contributed by atoms with Gasteiger partial charge in [-0.25, -0.2) is 26.3 Å². The van der Waals surface area contributed by atoms with Gasteiger partial charge < -0.3 is 4.74 Å². The van der Waals surface area contributed by atoms with E-state index in [0.717, 1.165) is 6.07 Å². The van der Waals surface area contributed by atoms with Crippen LogP contribution in [0.25, 0.3) is 11.1 Å². The molecule has 3 aromatic carbocycles. The van der Waals surface area contributed by atoms with E-state index in [1.807, 2.05) is 0 Å². The van der Waals surface area contributed by atoms with Crippen molar-refractivity contribution in [3.8, 4) is 16.9 Å². The minimum Gasteiger partial charge on any atom is -0.429 e. The SMILES string of the molecule is CCc1ccc(-c2cc(F)c(C(F)(F)Oc3cc(F)c(CF)c(F)c3)c(F)c2)c(F)c1. The van der Waals surface area contributed by atoms with Crippen LogP contribution in [0.3, 0.4) is 0 Å². The number of rotatable bonds is 6. The molecule has 0 aliphatic heterocycles. The monoisotopic (exact) mass is 446 g/mol. The van der Waals surface area contributed by atoms with Crippen molar-refractivity contribution in [2.75, 3.05) is 0 Å². The summed E-state index contributed by atoms with van der Waals surface area (Å²) in [5.74, 6) is -8.44. The molecule has 3 rings (SSSR count). The molecule has 9 heteroatoms. The van der Waals surface area contributed by atoms with E-state index in [0.29, 0.717) is 24.1 Å². The van der Waals surface area contributed by atoms with Gasteiger partial charge in [0.2, 0.25) is 0 Å². The van der Waals surface area contributed by atoms with Crippen molar-refractivity contribution in [2.45, 2.75) is 26.1 Å². The lowest BCUT2D eigenvalue weighted by molar-refractivity contribution is -0.189. The Morgan fingerprint density at radius 1 is 0.774 bits per heavy atom. The summed E-state index contributed by atoms with van der Waals surface area (Å²) in [7, 11) is 0. The zero-order valence-corrected chi connectivity index (χ0v) is 15.9. The highest BCUT2D eigenvalue weighted by Crippen LogP contribution is 2.38. The fraction of sp³-hybridized carbons (Fsp3) is 0.182. The molecule has 0 heterocycles. The van der Waals surface area contributed by atoms with Crippen molar-refractivity contribution in [1.29, 1.82) is 0 Å². The topological polar surface area (TPSA) is 9.23 Å². The Kier molecular flexibility index (Phi) is 6.24. The lowest BCUT2D eigenvalue weighted by atomic mass is 10.00. The molecule has 0 saturated carbocycles. The molecule has 0 unspecified atom stereocenters. The number of ether oxygens (including phenoxy) is 1. The summed E-state index contributed by atoms with van der Waals surface area (Å²) >= 11 is 0. The molecule has 0 aromatic heterocycles. The van der Waals surface area contributed by atoms with Crippen LogP contribution in [0.1, 0.15) is 23.6 Å². The van der Waals surface area contributed by atoms with Gasteiger partial charge in [0.05, 0.1) is 5.56 Å². The van der Waals surface area contributed by atoms with E-state index in [4.69, 9.17) is 0 Å². The molecule has 1 nitrogen and oxygen atoms in total. The number of halogens is 8. The molecule has 0 saturated heterocycles. The Morgan fingerprint density at radius 2 is 1.35 bits per heavy atom. The van der Waals surface area contributed by atoms with Gasteiger partial charge in [-0.05, 0) is 35.7 Å². The Hall–Kier alpha value is -3.10. The average Bonchev–Trinajstić information content (AvgIpc) is 2.66. The minimum atomic E-state index is -4.69. The Morgan fingerprint density at radius 3 is 1.84 bits per heavy atom. The van der Waals surface area contributed by atoms with Crippen LogP contribution in [0.5, 0.6) is 5.75 Å². The summed E-state index contributed by atoms with van der Waals surface area (Å²) in [5, 5.41) is 0. The zero-order valence-electron chi connectivity index (χ0n) is 15.9. The van der Waals surface area contributed by atoms with Crippen LogP contribution in [0.15, 0.2) is 42.5 Å². The van der Waals surface area contributed by atoms with Gasteiger partial charge in [0, 0.05) is 17.7 Å². The summed E-state index contributed by atoms with van der Waals surface area (Å²) in [4.78, 5) is 0. The first-order valence-corrected chi connectivity index (χ1v) is 8.96. The molecule has 0 atom stereocenters. The molecular formula is C22H14F8O. The van der Waals surface area contributed by atoms with Crippen LogP contribution in [-0.2, 0) is 19.2 Å². The number of hydrogen-bond donors (Lipinski definition) is 0. The lowest BCUT2D eigenvalue weighted by Gasteiger charge is -2.20. The third-order valence-corrected chi connectivity index (χ3v) is 4.58. The van der Waals surface area contributed by atoms with E-state index in [-0.39, 0.29) is 23.3 Å². The molecule has 0 N–H and O–H groups in total. The number of aryl methyl sites for hydroxylation is 1. The van der Waals surface area contributed by atoms with E-state index < -0.39 is 58.7 Å². The van der Waals surface area contributed by atoms with E-state index in [1.54, 1.807) is 6.92 Å². The van der Waals surface area contributed by atoms with Crippen molar-refractivity contribution in [3.63, 3.8) is 0 Å². The van der Waals surface area contributed by atoms with E-state index in [1.165, 1.54) is 12.1 Å². The van der Waals surface area contributed by atoms with Gasteiger partial charge in [0.1, 0.15) is 47.1 Å². The molecule has 164 valence electrons. The lowest BCUT2D eigenvalue weighted by Crippen LogP contribution is -2.25. The van der Waals surface area contributed by atoms with Gasteiger partial charge in [-0.1, -0.05) is 19.1 Å². The van der Waals surface area contributed by atoms with Gasteiger partial charge in [-0.2, -0.15) is 8.78 Å². The molecule has 0 radical (unpaired) electrons. The van der Waals surface area contributed by atoms with Gasteiger partial charge in [-0.3, -0.25) is 0 Å². The molecule has 0 fully saturated rings. The van der Waals surface area contributed by atoms with Gasteiger partial charge in [0.15, 0.2) is 0 Å². The van der Waals surface area contributed by atoms with Gasteiger partial charge >= 0.3 is 6.11 Å². The van der Waals surface area contributed by atoms with Gasteiger partial charge in [0.25, 0.3) is 0 Å². The maximum absolute atomic E-state index is 14.4. The van der Waals surface area contributed by atoms with Gasteiger partial charge in [-0.15, -0.1) is 0 Å². The first-order chi connectivity index (χ1) is 14.6. The zero-order chi connectivity index (χ0) is 22.9. The Balaban J connectivity index is 1.99. The number of benzene rings is 3. The quantitative estimate of drug-likeness (QED) is 0.364. The van der Waals surface area contributed by atoms with Crippen molar-refractivity contribution < 1.29 is 39.9 Å². The summed E-state index contributed by atoms with van der Waals surface area (Å²) < 4.78 is 116. The molecule has 0 spiro atoms. The third-order valence-electron chi connectivity index (χ3n) is 4.58. The molecule has 0 aliphatic rings. The molecular weight excluding hydrogens is 432 g/mol.